The normalized spacial score (nSPS) is 15.6. The average molecular weight is 396 g/mol. The number of pyridine rings is 1. The summed E-state index contributed by atoms with van der Waals surface area (Å²) in [6, 6.07) is 2.43. The fourth-order valence-corrected chi connectivity index (χ4v) is 3.39. The lowest BCUT2D eigenvalue weighted by molar-refractivity contribution is -0.137. The molecular weight excluding hydrogens is 373 g/mol. The highest BCUT2D eigenvalue weighted by atomic mass is 19.4. The van der Waals surface area contributed by atoms with Crippen LogP contribution >= 0.6 is 0 Å². The third-order valence-corrected chi connectivity index (χ3v) is 5.02. The number of nitrogens with zero attached hydrogens (tertiary/aromatic N) is 4. The Bertz CT molecular complexity index is 798. The Morgan fingerprint density at radius 2 is 1.96 bits per heavy atom. The average Bonchev–Trinajstić information content (AvgIpc) is 2.86. The molecule has 0 aliphatic carbocycles. The zero-order valence-corrected chi connectivity index (χ0v) is 15.9. The molecule has 0 aromatic carbocycles. The van der Waals surface area contributed by atoms with Crippen molar-refractivity contribution in [2.45, 2.75) is 39.3 Å². The number of alkyl halides is 3. The second-order valence-electron chi connectivity index (χ2n) is 6.93. The number of aromatic nitrogens is 2. The van der Waals surface area contributed by atoms with Gasteiger partial charge < -0.3 is 14.3 Å². The molecule has 0 radical (unpaired) electrons. The molecule has 0 N–H and O–H groups in total. The topological polar surface area (TPSA) is 62.5 Å². The van der Waals surface area contributed by atoms with Gasteiger partial charge in [-0.15, -0.1) is 0 Å². The molecule has 0 saturated carbocycles. The van der Waals surface area contributed by atoms with E-state index in [0.29, 0.717) is 44.8 Å². The maximum absolute atomic E-state index is 12.7. The van der Waals surface area contributed by atoms with E-state index in [1.54, 1.807) is 0 Å². The van der Waals surface area contributed by atoms with E-state index in [1.807, 2.05) is 23.6 Å². The number of halogens is 3. The number of carbonyl (C=O) groups excluding carboxylic acids is 1. The van der Waals surface area contributed by atoms with Crippen LogP contribution in [0.25, 0.3) is 0 Å². The Hall–Kier alpha value is -2.58. The summed E-state index contributed by atoms with van der Waals surface area (Å²) in [5, 5.41) is 3.90. The molecule has 0 atom stereocenters. The van der Waals surface area contributed by atoms with E-state index in [1.165, 1.54) is 6.07 Å². The van der Waals surface area contributed by atoms with E-state index in [9.17, 15) is 18.0 Å². The van der Waals surface area contributed by atoms with Crippen molar-refractivity contribution in [1.82, 2.24) is 15.0 Å². The van der Waals surface area contributed by atoms with Gasteiger partial charge in [-0.25, -0.2) is 4.98 Å². The number of hydrogen-bond donors (Lipinski definition) is 0. The van der Waals surface area contributed by atoms with Gasteiger partial charge in [0.15, 0.2) is 0 Å². The summed E-state index contributed by atoms with van der Waals surface area (Å²) < 4.78 is 43.2. The van der Waals surface area contributed by atoms with Crippen LogP contribution in [-0.2, 0) is 17.4 Å². The van der Waals surface area contributed by atoms with Crippen molar-refractivity contribution in [3.05, 3.63) is 40.9 Å². The number of anilines is 1. The minimum absolute atomic E-state index is 0.0576. The second kappa shape index (κ2) is 8.20. The predicted octanol–water partition coefficient (Wildman–Crippen LogP) is 3.38. The lowest BCUT2D eigenvalue weighted by Crippen LogP contribution is -2.35. The first-order valence-corrected chi connectivity index (χ1v) is 9.23. The van der Waals surface area contributed by atoms with Crippen LogP contribution < -0.4 is 4.90 Å². The number of hydrogen-bond acceptors (Lipinski definition) is 5. The van der Waals surface area contributed by atoms with Crippen molar-refractivity contribution in [3.63, 3.8) is 0 Å². The molecule has 1 amide bonds. The summed E-state index contributed by atoms with van der Waals surface area (Å²) >= 11 is 0. The molecule has 1 saturated heterocycles. The number of aryl methyl sites for hydroxylation is 2. The molecule has 1 aliphatic rings. The molecule has 1 aliphatic heterocycles. The molecule has 2 aromatic heterocycles. The summed E-state index contributed by atoms with van der Waals surface area (Å²) in [4.78, 5) is 20.3. The maximum Gasteiger partial charge on any atom is 0.417 e. The molecule has 6 nitrogen and oxygen atoms in total. The first kappa shape index (κ1) is 20.2. The largest absolute Gasteiger partial charge is 0.417 e. The third-order valence-electron chi connectivity index (χ3n) is 5.02. The summed E-state index contributed by atoms with van der Waals surface area (Å²) in [5.74, 6) is 1.29. The number of carbonyl (C=O) groups is 1. The van der Waals surface area contributed by atoms with E-state index in [0.717, 1.165) is 35.7 Å². The van der Waals surface area contributed by atoms with Gasteiger partial charge in [0.05, 0.1) is 11.3 Å². The Kier molecular flexibility index (Phi) is 5.90. The van der Waals surface area contributed by atoms with Gasteiger partial charge in [-0.1, -0.05) is 5.16 Å². The lowest BCUT2D eigenvalue weighted by atomic mass is 10.1. The molecule has 3 rings (SSSR count). The van der Waals surface area contributed by atoms with Gasteiger partial charge in [0.25, 0.3) is 0 Å². The third kappa shape index (κ3) is 4.63. The quantitative estimate of drug-likeness (QED) is 0.793. The van der Waals surface area contributed by atoms with Gasteiger partial charge in [-0.3, -0.25) is 4.79 Å². The predicted molar refractivity (Wildman–Crippen MR) is 96.9 cm³/mol. The van der Waals surface area contributed by atoms with Crippen LogP contribution in [0, 0.1) is 13.8 Å². The monoisotopic (exact) mass is 396 g/mol. The Morgan fingerprint density at radius 3 is 2.57 bits per heavy atom. The van der Waals surface area contributed by atoms with Crippen LogP contribution in [0.1, 0.15) is 35.4 Å². The smallest absolute Gasteiger partial charge is 0.361 e. The van der Waals surface area contributed by atoms with E-state index in [4.69, 9.17) is 4.52 Å². The van der Waals surface area contributed by atoms with Crippen molar-refractivity contribution in [3.8, 4) is 0 Å². The number of rotatable bonds is 4. The van der Waals surface area contributed by atoms with Crippen LogP contribution in [0.3, 0.4) is 0 Å². The summed E-state index contributed by atoms with van der Waals surface area (Å²) in [5.41, 5.74) is 1.02. The van der Waals surface area contributed by atoms with Crippen molar-refractivity contribution in [2.24, 2.45) is 0 Å². The molecule has 152 valence electrons. The van der Waals surface area contributed by atoms with Gasteiger partial charge in [0, 0.05) is 44.4 Å². The lowest BCUT2D eigenvalue weighted by Gasteiger charge is -2.23. The first-order chi connectivity index (χ1) is 13.3. The summed E-state index contributed by atoms with van der Waals surface area (Å²) in [7, 11) is 0. The highest BCUT2D eigenvalue weighted by Crippen LogP contribution is 2.29. The van der Waals surface area contributed by atoms with Crippen LogP contribution in [-0.4, -0.2) is 47.1 Å². The highest BCUT2D eigenvalue weighted by molar-refractivity contribution is 5.76. The molecular formula is C19H23F3N4O2. The number of amides is 1. The molecule has 0 spiro atoms. The zero-order valence-electron chi connectivity index (χ0n) is 15.9. The van der Waals surface area contributed by atoms with Crippen LogP contribution in [0.15, 0.2) is 22.9 Å². The second-order valence-corrected chi connectivity index (χ2v) is 6.93. The molecule has 9 heteroatoms. The maximum atomic E-state index is 12.7. The molecule has 3 heterocycles. The molecule has 28 heavy (non-hydrogen) atoms. The van der Waals surface area contributed by atoms with E-state index in [2.05, 4.69) is 10.1 Å². The van der Waals surface area contributed by atoms with Gasteiger partial charge in [-0.2, -0.15) is 13.2 Å². The SMILES string of the molecule is Cc1noc(C)c1CCC(=O)N1CCCN(c2ccc(C(F)(F)F)cn2)CC1. The van der Waals surface area contributed by atoms with Crippen molar-refractivity contribution in [1.29, 1.82) is 0 Å². The summed E-state index contributed by atoms with van der Waals surface area (Å²) in [6.07, 6.45) is -1.84. The van der Waals surface area contributed by atoms with Crippen LogP contribution in [0.4, 0.5) is 19.0 Å². The Balaban J connectivity index is 1.56. The zero-order chi connectivity index (χ0) is 20.3. The van der Waals surface area contributed by atoms with Gasteiger partial charge in [0.1, 0.15) is 11.6 Å². The molecule has 1 fully saturated rings. The van der Waals surface area contributed by atoms with E-state index >= 15 is 0 Å². The van der Waals surface area contributed by atoms with E-state index in [-0.39, 0.29) is 5.91 Å². The molecule has 0 bridgehead atoms. The first-order valence-electron chi connectivity index (χ1n) is 9.23. The van der Waals surface area contributed by atoms with Crippen molar-refractivity contribution in [2.75, 3.05) is 31.1 Å². The van der Waals surface area contributed by atoms with Crippen molar-refractivity contribution >= 4 is 11.7 Å². The minimum Gasteiger partial charge on any atom is -0.361 e. The fourth-order valence-electron chi connectivity index (χ4n) is 3.39. The molecule has 2 aromatic rings. The van der Waals surface area contributed by atoms with E-state index < -0.39 is 11.7 Å². The minimum atomic E-state index is -4.39. The molecule has 0 unspecified atom stereocenters. The Morgan fingerprint density at radius 1 is 1.18 bits per heavy atom. The van der Waals surface area contributed by atoms with Gasteiger partial charge in [-0.05, 0) is 38.8 Å². The van der Waals surface area contributed by atoms with Gasteiger partial charge >= 0.3 is 6.18 Å². The van der Waals surface area contributed by atoms with Crippen LogP contribution in [0.2, 0.25) is 0 Å². The van der Waals surface area contributed by atoms with Crippen LogP contribution in [0.5, 0.6) is 0 Å². The fraction of sp³-hybridized carbons (Fsp3) is 0.526. The van der Waals surface area contributed by atoms with Gasteiger partial charge in [0.2, 0.25) is 5.91 Å². The Labute approximate surface area is 161 Å². The highest BCUT2D eigenvalue weighted by Gasteiger charge is 2.31. The summed E-state index contributed by atoms with van der Waals surface area (Å²) in [6.45, 7) is 6.01. The standard InChI is InChI=1S/C19H23F3N4O2/c1-13-16(14(2)28-24-13)5-7-18(27)26-9-3-8-25(10-11-26)17-6-4-15(12-23-17)19(20,21)22/h4,6,12H,3,5,7-11H2,1-2H3. The van der Waals surface area contributed by atoms with Crippen molar-refractivity contribution < 1.29 is 22.5 Å².